The van der Waals surface area contributed by atoms with Gasteiger partial charge in [-0.15, -0.1) is 5.10 Å². The van der Waals surface area contributed by atoms with Crippen molar-refractivity contribution in [3.8, 4) is 5.82 Å². The molecule has 0 amide bonds. The molecule has 10 nitrogen and oxygen atoms in total. The highest BCUT2D eigenvalue weighted by Crippen LogP contribution is 2.17. The number of pyridine rings is 1. The van der Waals surface area contributed by atoms with Crippen LogP contribution in [0.5, 0.6) is 0 Å². The first-order valence-corrected chi connectivity index (χ1v) is 6.57. The van der Waals surface area contributed by atoms with E-state index in [0.29, 0.717) is 17.1 Å². The van der Waals surface area contributed by atoms with Crippen molar-refractivity contribution < 1.29 is 4.63 Å². The standard InChI is InChI=1S/C13H13N9O/c1-8(17-16-7-10-5-3-4-6-15-10)11-9(2)22(21-18-11)13-12(14)19-23-20-13/h3-7,17H,1H2,2H3,(H2,14,19). The van der Waals surface area contributed by atoms with Gasteiger partial charge in [-0.1, -0.05) is 17.9 Å². The molecule has 0 spiro atoms. The molecule has 3 heterocycles. The molecule has 0 aliphatic rings. The Bertz CT molecular complexity index is 849. The summed E-state index contributed by atoms with van der Waals surface area (Å²) in [4.78, 5) is 4.12. The van der Waals surface area contributed by atoms with Crippen molar-refractivity contribution in [1.29, 1.82) is 0 Å². The number of nitrogens with zero attached hydrogens (tertiary/aromatic N) is 7. The van der Waals surface area contributed by atoms with Gasteiger partial charge in [-0.25, -0.2) is 4.63 Å². The Kier molecular flexibility index (Phi) is 3.78. The summed E-state index contributed by atoms with van der Waals surface area (Å²) in [6.45, 7) is 5.67. The molecular weight excluding hydrogens is 298 g/mol. The third kappa shape index (κ3) is 2.90. The Morgan fingerprint density at radius 1 is 1.43 bits per heavy atom. The molecule has 116 valence electrons. The van der Waals surface area contributed by atoms with Crippen molar-refractivity contribution in [3.63, 3.8) is 0 Å². The molecule has 0 aromatic carbocycles. The summed E-state index contributed by atoms with van der Waals surface area (Å²) in [5, 5.41) is 19.3. The Balaban J connectivity index is 1.75. The zero-order valence-corrected chi connectivity index (χ0v) is 12.2. The summed E-state index contributed by atoms with van der Waals surface area (Å²) in [7, 11) is 0. The molecule has 0 saturated heterocycles. The van der Waals surface area contributed by atoms with E-state index in [1.54, 1.807) is 19.3 Å². The molecule has 0 atom stereocenters. The summed E-state index contributed by atoms with van der Waals surface area (Å²) >= 11 is 0. The Morgan fingerprint density at radius 2 is 2.30 bits per heavy atom. The van der Waals surface area contributed by atoms with Crippen molar-refractivity contribution in [1.82, 2.24) is 35.7 Å². The monoisotopic (exact) mass is 311 g/mol. The average molecular weight is 311 g/mol. The van der Waals surface area contributed by atoms with E-state index in [-0.39, 0.29) is 11.6 Å². The first kappa shape index (κ1) is 14.4. The molecule has 0 bridgehead atoms. The van der Waals surface area contributed by atoms with Gasteiger partial charge in [0, 0.05) is 6.20 Å². The quantitative estimate of drug-likeness (QED) is 0.515. The number of rotatable bonds is 5. The van der Waals surface area contributed by atoms with Crippen LogP contribution in [0.3, 0.4) is 0 Å². The SMILES string of the molecule is C=C(NN=Cc1ccccn1)c1nnn(-c2nonc2N)c1C. The van der Waals surface area contributed by atoms with Gasteiger partial charge in [0.15, 0.2) is 0 Å². The molecule has 0 radical (unpaired) electrons. The maximum atomic E-state index is 5.65. The lowest BCUT2D eigenvalue weighted by atomic mass is 10.3. The number of hydrogen-bond donors (Lipinski definition) is 2. The van der Waals surface area contributed by atoms with Gasteiger partial charge in [-0.2, -0.15) is 9.78 Å². The van der Waals surface area contributed by atoms with Crippen LogP contribution in [0.25, 0.3) is 11.5 Å². The maximum absolute atomic E-state index is 5.65. The van der Waals surface area contributed by atoms with E-state index in [4.69, 9.17) is 5.73 Å². The molecule has 0 saturated carbocycles. The highest BCUT2D eigenvalue weighted by atomic mass is 16.6. The fraction of sp³-hybridized carbons (Fsp3) is 0.0769. The van der Waals surface area contributed by atoms with Gasteiger partial charge in [-0.05, 0) is 29.4 Å². The lowest BCUT2D eigenvalue weighted by molar-refractivity contribution is 0.306. The fourth-order valence-electron chi connectivity index (χ4n) is 1.83. The number of nitrogens with one attached hydrogen (secondary N) is 1. The lowest BCUT2D eigenvalue weighted by Gasteiger charge is -2.02. The van der Waals surface area contributed by atoms with Gasteiger partial charge >= 0.3 is 0 Å². The molecule has 0 aliphatic carbocycles. The second-order valence-corrected chi connectivity index (χ2v) is 4.51. The topological polar surface area (TPSA) is 133 Å². The minimum Gasteiger partial charge on any atom is -0.378 e. The molecule has 3 aromatic rings. The van der Waals surface area contributed by atoms with Crippen LogP contribution in [-0.2, 0) is 0 Å². The zero-order chi connectivity index (χ0) is 16.2. The molecule has 3 rings (SSSR count). The van der Waals surface area contributed by atoms with Crippen LogP contribution in [0.4, 0.5) is 5.82 Å². The molecule has 0 fully saturated rings. The zero-order valence-electron chi connectivity index (χ0n) is 12.2. The number of aromatic nitrogens is 6. The van der Waals surface area contributed by atoms with Crippen LogP contribution < -0.4 is 11.2 Å². The predicted molar refractivity (Wildman–Crippen MR) is 82.4 cm³/mol. The van der Waals surface area contributed by atoms with Gasteiger partial charge in [-0.3, -0.25) is 10.4 Å². The maximum Gasteiger partial charge on any atom is 0.243 e. The Morgan fingerprint density at radius 3 is 3.00 bits per heavy atom. The van der Waals surface area contributed by atoms with Crippen LogP contribution in [0, 0.1) is 6.92 Å². The summed E-state index contributed by atoms with van der Waals surface area (Å²) in [5.41, 5.74) is 10.8. The normalized spacial score (nSPS) is 11.0. The first-order valence-electron chi connectivity index (χ1n) is 6.57. The minimum atomic E-state index is 0.122. The van der Waals surface area contributed by atoms with Crippen LogP contribution in [0.15, 0.2) is 40.7 Å². The second-order valence-electron chi connectivity index (χ2n) is 4.51. The second kappa shape index (κ2) is 6.05. The van der Waals surface area contributed by atoms with Gasteiger partial charge in [0.1, 0.15) is 5.69 Å². The number of nitrogens with two attached hydrogens (primary N) is 1. The molecule has 0 aliphatic heterocycles. The summed E-state index contributed by atoms with van der Waals surface area (Å²) in [5.74, 6) is 0.391. The fourth-order valence-corrected chi connectivity index (χ4v) is 1.83. The van der Waals surface area contributed by atoms with E-state index in [9.17, 15) is 0 Å². The summed E-state index contributed by atoms with van der Waals surface area (Å²) < 4.78 is 5.97. The third-order valence-electron chi connectivity index (χ3n) is 2.96. The third-order valence-corrected chi connectivity index (χ3v) is 2.96. The summed E-state index contributed by atoms with van der Waals surface area (Å²) in [6.07, 6.45) is 3.26. The Labute approximate surface area is 130 Å². The minimum absolute atomic E-state index is 0.122. The highest BCUT2D eigenvalue weighted by molar-refractivity contribution is 5.77. The lowest BCUT2D eigenvalue weighted by Crippen LogP contribution is -2.07. The number of hydrazone groups is 1. The average Bonchev–Trinajstić information content (AvgIpc) is 3.14. The number of anilines is 1. The van der Waals surface area contributed by atoms with Crippen molar-refractivity contribution in [2.24, 2.45) is 5.10 Å². The molecule has 3 aromatic heterocycles. The predicted octanol–water partition coefficient (Wildman–Crippen LogP) is 0.530. The van der Waals surface area contributed by atoms with E-state index < -0.39 is 0 Å². The highest BCUT2D eigenvalue weighted by Gasteiger charge is 2.17. The van der Waals surface area contributed by atoms with E-state index in [2.05, 4.69) is 47.3 Å². The van der Waals surface area contributed by atoms with E-state index in [1.165, 1.54) is 4.68 Å². The number of hydrogen-bond acceptors (Lipinski definition) is 9. The van der Waals surface area contributed by atoms with E-state index in [0.717, 1.165) is 5.69 Å². The molecule has 3 N–H and O–H groups in total. The van der Waals surface area contributed by atoms with Crippen LogP contribution >= 0.6 is 0 Å². The van der Waals surface area contributed by atoms with Crippen molar-refractivity contribution in [2.45, 2.75) is 6.92 Å². The number of nitrogen functional groups attached to an aromatic ring is 1. The Hall–Kier alpha value is -3.56. The molecule has 23 heavy (non-hydrogen) atoms. The molecule has 10 heteroatoms. The van der Waals surface area contributed by atoms with Gasteiger partial charge < -0.3 is 5.73 Å². The van der Waals surface area contributed by atoms with Crippen LogP contribution in [0.1, 0.15) is 17.1 Å². The molecular formula is C13H13N9O. The first-order chi connectivity index (χ1) is 11.2. The van der Waals surface area contributed by atoms with Crippen molar-refractivity contribution >= 4 is 17.7 Å². The molecule has 0 unspecified atom stereocenters. The van der Waals surface area contributed by atoms with Gasteiger partial charge in [0.2, 0.25) is 11.6 Å². The van der Waals surface area contributed by atoms with E-state index in [1.807, 2.05) is 18.2 Å². The smallest absolute Gasteiger partial charge is 0.243 e. The van der Waals surface area contributed by atoms with E-state index >= 15 is 0 Å². The van der Waals surface area contributed by atoms with Crippen LogP contribution in [-0.4, -0.2) is 36.5 Å². The van der Waals surface area contributed by atoms with Gasteiger partial charge in [0.25, 0.3) is 0 Å². The van der Waals surface area contributed by atoms with Crippen molar-refractivity contribution in [3.05, 3.63) is 48.1 Å². The largest absolute Gasteiger partial charge is 0.378 e. The van der Waals surface area contributed by atoms with Crippen molar-refractivity contribution in [2.75, 3.05) is 5.73 Å². The van der Waals surface area contributed by atoms with Gasteiger partial charge in [0.05, 0.1) is 23.3 Å². The summed E-state index contributed by atoms with van der Waals surface area (Å²) in [6, 6.07) is 5.53. The van der Waals surface area contributed by atoms with Crippen LogP contribution in [0.2, 0.25) is 0 Å².